The first kappa shape index (κ1) is 13.7. The minimum Gasteiger partial charge on any atom is -0.493 e. The van der Waals surface area contributed by atoms with Gasteiger partial charge in [0.25, 0.3) is 5.78 Å². The number of halogens is 2. The molecule has 0 amide bonds. The molecule has 0 bridgehead atoms. The van der Waals surface area contributed by atoms with Gasteiger partial charge in [0.1, 0.15) is 5.82 Å². The van der Waals surface area contributed by atoms with Crippen molar-refractivity contribution >= 4 is 18.4 Å². The molecular weight excluding hydrogens is 298 g/mol. The third-order valence-corrected chi connectivity index (χ3v) is 3.52. The Morgan fingerprint density at radius 3 is 2.81 bits per heavy atom. The van der Waals surface area contributed by atoms with Gasteiger partial charge in [0.15, 0.2) is 11.6 Å². The molecule has 0 saturated heterocycles. The third-order valence-electron chi connectivity index (χ3n) is 2.98. The Labute approximate surface area is 123 Å². The molecule has 0 fully saturated rings. The fourth-order valence-corrected chi connectivity index (χ4v) is 2.33. The van der Waals surface area contributed by atoms with E-state index in [-0.39, 0.29) is 22.9 Å². The fourth-order valence-electron chi connectivity index (χ4n) is 2.00. The van der Waals surface area contributed by atoms with Crippen LogP contribution in [0.15, 0.2) is 24.3 Å². The summed E-state index contributed by atoms with van der Waals surface area (Å²) in [7, 11) is 0. The normalized spacial score (nSPS) is 12.8. The van der Waals surface area contributed by atoms with Gasteiger partial charge < -0.3 is 5.11 Å². The molecule has 0 aliphatic carbocycles. The number of thiol groups is 1. The van der Waals surface area contributed by atoms with Crippen LogP contribution in [0.3, 0.4) is 0 Å². The van der Waals surface area contributed by atoms with E-state index in [2.05, 4.69) is 27.7 Å². The fraction of sp³-hybridized carbons (Fsp3) is 0.154. The summed E-state index contributed by atoms with van der Waals surface area (Å²) in [5.41, 5.74) is 0.283. The minimum absolute atomic E-state index is 0.0332. The van der Waals surface area contributed by atoms with E-state index >= 15 is 0 Å². The number of rotatable bonds is 2. The molecule has 3 rings (SSSR count). The number of aryl methyl sites for hydroxylation is 1. The molecule has 0 spiro atoms. The van der Waals surface area contributed by atoms with Gasteiger partial charge in [0.2, 0.25) is 5.88 Å². The van der Waals surface area contributed by atoms with E-state index in [0.29, 0.717) is 5.82 Å². The van der Waals surface area contributed by atoms with Crippen LogP contribution < -0.4 is 0 Å². The molecule has 3 aromatic rings. The second-order valence-electron chi connectivity index (χ2n) is 4.46. The number of aromatic hydroxyl groups is 1. The number of aromatic nitrogens is 4. The van der Waals surface area contributed by atoms with Crippen molar-refractivity contribution < 1.29 is 13.9 Å². The zero-order chi connectivity index (χ0) is 15.1. The van der Waals surface area contributed by atoms with Gasteiger partial charge in [-0.3, -0.25) is 0 Å². The van der Waals surface area contributed by atoms with Gasteiger partial charge in [0, 0.05) is 11.6 Å². The van der Waals surface area contributed by atoms with Crippen molar-refractivity contribution in [1.82, 2.24) is 19.6 Å². The standard InChI is InChI=1S/C13H10F2N4OS/c1-6-16-13-17-9(5-10(20)19(13)18-6)12(21)7-3-2-4-8(14)11(7)15/h2-5,12,20-21H,1H3. The predicted molar refractivity (Wildman–Crippen MR) is 74.4 cm³/mol. The molecule has 0 radical (unpaired) electrons. The van der Waals surface area contributed by atoms with Gasteiger partial charge in [-0.05, 0) is 13.0 Å². The lowest BCUT2D eigenvalue weighted by molar-refractivity contribution is 0.433. The predicted octanol–water partition coefficient (Wildman–Crippen LogP) is 2.44. The van der Waals surface area contributed by atoms with Crippen LogP contribution in [0.5, 0.6) is 5.88 Å². The lowest BCUT2D eigenvalue weighted by Crippen LogP contribution is -2.04. The lowest BCUT2D eigenvalue weighted by atomic mass is 10.1. The van der Waals surface area contributed by atoms with Crippen molar-refractivity contribution in [3.8, 4) is 5.88 Å². The van der Waals surface area contributed by atoms with Gasteiger partial charge in [-0.15, -0.1) is 5.10 Å². The highest BCUT2D eigenvalue weighted by Gasteiger charge is 2.20. The number of benzene rings is 1. The van der Waals surface area contributed by atoms with Gasteiger partial charge in [-0.1, -0.05) is 12.1 Å². The quantitative estimate of drug-likeness (QED) is 0.714. The van der Waals surface area contributed by atoms with E-state index in [1.807, 2.05) is 0 Å². The van der Waals surface area contributed by atoms with Crippen molar-refractivity contribution in [2.75, 3.05) is 0 Å². The van der Waals surface area contributed by atoms with E-state index in [1.165, 1.54) is 18.2 Å². The molecule has 0 aliphatic heterocycles. The molecule has 1 unspecified atom stereocenters. The monoisotopic (exact) mass is 308 g/mol. The van der Waals surface area contributed by atoms with Crippen molar-refractivity contribution in [1.29, 1.82) is 0 Å². The molecule has 1 aromatic carbocycles. The number of nitrogens with zero attached hydrogens (tertiary/aromatic N) is 4. The SMILES string of the molecule is Cc1nc2nc(C(S)c3cccc(F)c3F)cc(O)n2n1. The highest BCUT2D eigenvalue weighted by molar-refractivity contribution is 7.80. The summed E-state index contributed by atoms with van der Waals surface area (Å²) in [4.78, 5) is 8.20. The minimum atomic E-state index is -0.990. The smallest absolute Gasteiger partial charge is 0.255 e. The molecule has 21 heavy (non-hydrogen) atoms. The molecular formula is C13H10F2N4OS. The molecule has 8 heteroatoms. The van der Waals surface area contributed by atoms with E-state index in [9.17, 15) is 13.9 Å². The summed E-state index contributed by atoms with van der Waals surface area (Å²) in [5, 5.41) is 13.0. The van der Waals surface area contributed by atoms with Crippen molar-refractivity contribution in [3.63, 3.8) is 0 Å². The lowest BCUT2D eigenvalue weighted by Gasteiger charge is -2.12. The molecule has 1 N–H and O–H groups in total. The maximum Gasteiger partial charge on any atom is 0.255 e. The van der Waals surface area contributed by atoms with E-state index in [4.69, 9.17) is 0 Å². The summed E-state index contributed by atoms with van der Waals surface area (Å²) in [6, 6.07) is 5.11. The first-order valence-electron chi connectivity index (χ1n) is 6.02. The van der Waals surface area contributed by atoms with Crippen LogP contribution in [0.2, 0.25) is 0 Å². The van der Waals surface area contributed by atoms with E-state index in [0.717, 1.165) is 10.6 Å². The Balaban J connectivity index is 2.13. The average Bonchev–Trinajstić information content (AvgIpc) is 2.82. The van der Waals surface area contributed by atoms with Gasteiger partial charge in [-0.2, -0.15) is 22.1 Å². The molecule has 0 saturated carbocycles. The largest absolute Gasteiger partial charge is 0.493 e. The molecule has 2 aromatic heterocycles. The first-order valence-corrected chi connectivity index (χ1v) is 6.54. The summed E-state index contributed by atoms with van der Waals surface area (Å²) < 4.78 is 28.2. The highest BCUT2D eigenvalue weighted by atomic mass is 32.1. The summed E-state index contributed by atoms with van der Waals surface area (Å²) in [6.45, 7) is 1.65. The average molecular weight is 308 g/mol. The Bertz CT molecular complexity index is 836. The van der Waals surface area contributed by atoms with Gasteiger partial charge in [-0.25, -0.2) is 13.8 Å². The molecule has 1 atom stereocenters. The van der Waals surface area contributed by atoms with Crippen LogP contribution >= 0.6 is 12.6 Å². The molecule has 5 nitrogen and oxygen atoms in total. The summed E-state index contributed by atoms with van der Waals surface area (Å²) >= 11 is 4.27. The van der Waals surface area contributed by atoms with Crippen molar-refractivity contribution in [2.45, 2.75) is 12.2 Å². The van der Waals surface area contributed by atoms with Crippen LogP contribution in [0.4, 0.5) is 8.78 Å². The van der Waals surface area contributed by atoms with Crippen LogP contribution in [0.1, 0.15) is 22.3 Å². The second-order valence-corrected chi connectivity index (χ2v) is 4.97. The van der Waals surface area contributed by atoms with E-state index < -0.39 is 16.9 Å². The first-order chi connectivity index (χ1) is 9.97. The summed E-state index contributed by atoms with van der Waals surface area (Å²) in [5.74, 6) is -1.56. The number of hydrogen-bond donors (Lipinski definition) is 2. The Morgan fingerprint density at radius 1 is 1.29 bits per heavy atom. The Hall–Kier alpha value is -2.22. The molecule has 0 aliphatic rings. The zero-order valence-electron chi connectivity index (χ0n) is 10.8. The molecule has 2 heterocycles. The molecule has 108 valence electrons. The second kappa shape index (κ2) is 4.96. The number of hydrogen-bond acceptors (Lipinski definition) is 5. The Morgan fingerprint density at radius 2 is 2.05 bits per heavy atom. The van der Waals surface area contributed by atoms with Crippen LogP contribution in [-0.2, 0) is 0 Å². The van der Waals surface area contributed by atoms with Crippen LogP contribution in [0.25, 0.3) is 5.78 Å². The third kappa shape index (κ3) is 2.31. The van der Waals surface area contributed by atoms with Crippen molar-refractivity contribution in [2.24, 2.45) is 0 Å². The highest BCUT2D eigenvalue weighted by Crippen LogP contribution is 2.31. The zero-order valence-corrected chi connectivity index (χ0v) is 11.7. The maximum absolute atomic E-state index is 13.8. The van der Waals surface area contributed by atoms with Crippen LogP contribution in [0, 0.1) is 18.6 Å². The van der Waals surface area contributed by atoms with Crippen molar-refractivity contribution in [3.05, 3.63) is 53.0 Å². The Kier molecular flexibility index (Phi) is 3.25. The topological polar surface area (TPSA) is 63.3 Å². The van der Waals surface area contributed by atoms with Gasteiger partial charge in [0.05, 0.1) is 10.9 Å². The van der Waals surface area contributed by atoms with Crippen LogP contribution in [-0.4, -0.2) is 24.7 Å². The number of fused-ring (bicyclic) bond motifs is 1. The summed E-state index contributed by atoms with van der Waals surface area (Å²) in [6.07, 6.45) is 0. The maximum atomic E-state index is 13.8. The van der Waals surface area contributed by atoms with E-state index in [1.54, 1.807) is 6.92 Å². The van der Waals surface area contributed by atoms with Gasteiger partial charge >= 0.3 is 0 Å².